The molecule has 1 saturated heterocycles. The summed E-state index contributed by atoms with van der Waals surface area (Å²) in [6.07, 6.45) is 5.75. The topological polar surface area (TPSA) is 50.2 Å². The highest BCUT2D eigenvalue weighted by Crippen LogP contribution is 2.26. The van der Waals surface area contributed by atoms with Crippen LogP contribution >= 0.6 is 0 Å². The van der Waals surface area contributed by atoms with E-state index in [0.29, 0.717) is 19.0 Å². The summed E-state index contributed by atoms with van der Waals surface area (Å²) in [7, 11) is 0. The SMILES string of the molecule is O=C(CN1CC[C@@H](c2ccccc2)C1)NCCCn1cccn1. The molecule has 1 aliphatic heterocycles. The maximum atomic E-state index is 12.0. The molecule has 0 bridgehead atoms. The van der Waals surface area contributed by atoms with Crippen molar-refractivity contribution < 1.29 is 4.79 Å². The molecule has 5 heteroatoms. The number of likely N-dealkylation sites (tertiary alicyclic amines) is 1. The zero-order valence-corrected chi connectivity index (χ0v) is 13.4. The van der Waals surface area contributed by atoms with E-state index in [1.807, 2.05) is 23.0 Å². The molecule has 1 aromatic heterocycles. The second kappa shape index (κ2) is 7.92. The maximum absolute atomic E-state index is 12.0. The lowest BCUT2D eigenvalue weighted by Gasteiger charge is -2.16. The van der Waals surface area contributed by atoms with Crippen molar-refractivity contribution in [3.63, 3.8) is 0 Å². The molecule has 1 N–H and O–H groups in total. The highest BCUT2D eigenvalue weighted by molar-refractivity contribution is 5.78. The van der Waals surface area contributed by atoms with Gasteiger partial charge >= 0.3 is 0 Å². The van der Waals surface area contributed by atoms with E-state index >= 15 is 0 Å². The lowest BCUT2D eigenvalue weighted by atomic mass is 9.99. The van der Waals surface area contributed by atoms with Crippen LogP contribution < -0.4 is 5.32 Å². The van der Waals surface area contributed by atoms with Crippen LogP contribution in [0.4, 0.5) is 0 Å². The number of nitrogens with zero attached hydrogens (tertiary/aromatic N) is 3. The monoisotopic (exact) mass is 312 g/mol. The third kappa shape index (κ3) is 4.66. The van der Waals surface area contributed by atoms with E-state index < -0.39 is 0 Å². The molecular weight excluding hydrogens is 288 g/mol. The first-order valence-corrected chi connectivity index (χ1v) is 8.33. The van der Waals surface area contributed by atoms with Crippen molar-refractivity contribution in [1.82, 2.24) is 20.0 Å². The Bertz CT molecular complexity index is 597. The molecule has 0 aliphatic carbocycles. The quantitative estimate of drug-likeness (QED) is 0.794. The predicted octanol–water partition coefficient (Wildman–Crippen LogP) is 1.88. The van der Waals surface area contributed by atoms with Crippen molar-refractivity contribution in [3.8, 4) is 0 Å². The molecule has 3 rings (SSSR count). The van der Waals surface area contributed by atoms with Crippen LogP contribution in [0.1, 0.15) is 24.3 Å². The highest BCUT2D eigenvalue weighted by Gasteiger charge is 2.24. The molecule has 1 atom stereocenters. The largest absolute Gasteiger partial charge is 0.355 e. The summed E-state index contributed by atoms with van der Waals surface area (Å²) in [4.78, 5) is 14.3. The Balaban J connectivity index is 1.34. The summed E-state index contributed by atoms with van der Waals surface area (Å²) in [6, 6.07) is 12.5. The van der Waals surface area contributed by atoms with Gasteiger partial charge in [0.2, 0.25) is 5.91 Å². The van der Waals surface area contributed by atoms with Crippen molar-refractivity contribution in [2.24, 2.45) is 0 Å². The van der Waals surface area contributed by atoms with Crippen LogP contribution in [0.25, 0.3) is 0 Å². The number of aromatic nitrogens is 2. The molecule has 122 valence electrons. The van der Waals surface area contributed by atoms with Crippen molar-refractivity contribution in [1.29, 1.82) is 0 Å². The molecule has 2 heterocycles. The lowest BCUT2D eigenvalue weighted by Crippen LogP contribution is -2.36. The molecular formula is C18H24N4O. The van der Waals surface area contributed by atoms with Gasteiger partial charge in [-0.3, -0.25) is 14.4 Å². The standard InChI is InChI=1S/C18H24N4O/c23-18(19-9-4-11-22-12-5-10-20-22)15-21-13-8-17(14-21)16-6-2-1-3-7-16/h1-3,5-7,10,12,17H,4,8-9,11,13-15H2,(H,19,23)/t17-/m1/s1. The van der Waals surface area contributed by atoms with Gasteiger partial charge < -0.3 is 5.32 Å². The Hall–Kier alpha value is -2.14. The number of carbonyl (C=O) groups is 1. The molecule has 0 saturated carbocycles. The van der Waals surface area contributed by atoms with Gasteiger partial charge in [0, 0.05) is 32.0 Å². The molecule has 5 nitrogen and oxygen atoms in total. The Labute approximate surface area is 137 Å². The summed E-state index contributed by atoms with van der Waals surface area (Å²) in [6.45, 7) is 4.03. The molecule has 0 spiro atoms. The average Bonchev–Trinajstić information content (AvgIpc) is 3.24. The second-order valence-electron chi connectivity index (χ2n) is 6.10. The number of hydrogen-bond acceptors (Lipinski definition) is 3. The zero-order chi connectivity index (χ0) is 15.9. The highest BCUT2D eigenvalue weighted by atomic mass is 16.2. The second-order valence-corrected chi connectivity index (χ2v) is 6.10. The van der Waals surface area contributed by atoms with Gasteiger partial charge in [-0.1, -0.05) is 30.3 Å². The van der Waals surface area contributed by atoms with Crippen LogP contribution in [0.5, 0.6) is 0 Å². The number of hydrogen-bond donors (Lipinski definition) is 1. The van der Waals surface area contributed by atoms with Crippen LogP contribution in [-0.4, -0.2) is 46.8 Å². The lowest BCUT2D eigenvalue weighted by molar-refractivity contribution is -0.122. The number of rotatable bonds is 7. The first-order chi connectivity index (χ1) is 11.3. The Morgan fingerprint density at radius 1 is 1.26 bits per heavy atom. The summed E-state index contributed by atoms with van der Waals surface area (Å²) < 4.78 is 1.89. The number of amides is 1. The van der Waals surface area contributed by atoms with Gasteiger partial charge in [0.15, 0.2) is 0 Å². The summed E-state index contributed by atoms with van der Waals surface area (Å²) in [5.74, 6) is 0.683. The molecule has 23 heavy (non-hydrogen) atoms. The van der Waals surface area contributed by atoms with E-state index in [-0.39, 0.29) is 5.91 Å². The predicted molar refractivity (Wildman–Crippen MR) is 90.1 cm³/mol. The average molecular weight is 312 g/mol. The molecule has 0 unspecified atom stereocenters. The Kier molecular flexibility index (Phi) is 5.42. The van der Waals surface area contributed by atoms with E-state index in [1.54, 1.807) is 6.20 Å². The van der Waals surface area contributed by atoms with E-state index in [2.05, 4.69) is 39.6 Å². The first-order valence-electron chi connectivity index (χ1n) is 8.33. The van der Waals surface area contributed by atoms with Gasteiger partial charge in [0.05, 0.1) is 6.54 Å². The van der Waals surface area contributed by atoms with Gasteiger partial charge in [0.25, 0.3) is 0 Å². The normalized spacial score (nSPS) is 18.2. The van der Waals surface area contributed by atoms with Crippen LogP contribution in [0.2, 0.25) is 0 Å². The molecule has 1 amide bonds. The van der Waals surface area contributed by atoms with Crippen molar-refractivity contribution in [2.45, 2.75) is 25.3 Å². The van der Waals surface area contributed by atoms with Gasteiger partial charge in [0.1, 0.15) is 0 Å². The minimum absolute atomic E-state index is 0.124. The molecule has 2 aromatic rings. The minimum atomic E-state index is 0.124. The summed E-state index contributed by atoms with van der Waals surface area (Å²) in [5.41, 5.74) is 1.38. The van der Waals surface area contributed by atoms with Crippen LogP contribution in [-0.2, 0) is 11.3 Å². The molecule has 1 aromatic carbocycles. The molecule has 1 aliphatic rings. The van der Waals surface area contributed by atoms with E-state index in [4.69, 9.17) is 0 Å². The van der Waals surface area contributed by atoms with Gasteiger partial charge in [-0.25, -0.2) is 0 Å². The maximum Gasteiger partial charge on any atom is 0.234 e. The third-order valence-corrected chi connectivity index (χ3v) is 4.36. The minimum Gasteiger partial charge on any atom is -0.355 e. The van der Waals surface area contributed by atoms with Crippen molar-refractivity contribution in [2.75, 3.05) is 26.2 Å². The number of nitrogens with one attached hydrogen (secondary N) is 1. The van der Waals surface area contributed by atoms with Crippen molar-refractivity contribution >= 4 is 5.91 Å². The third-order valence-electron chi connectivity index (χ3n) is 4.36. The molecule has 0 radical (unpaired) electrons. The zero-order valence-electron chi connectivity index (χ0n) is 13.4. The van der Waals surface area contributed by atoms with Gasteiger partial charge in [-0.05, 0) is 36.9 Å². The van der Waals surface area contributed by atoms with Gasteiger partial charge in [-0.2, -0.15) is 5.10 Å². The first kappa shape index (κ1) is 15.7. The van der Waals surface area contributed by atoms with Gasteiger partial charge in [-0.15, -0.1) is 0 Å². The van der Waals surface area contributed by atoms with Crippen LogP contribution in [0.15, 0.2) is 48.8 Å². The van der Waals surface area contributed by atoms with E-state index in [9.17, 15) is 4.79 Å². The summed E-state index contributed by atoms with van der Waals surface area (Å²) >= 11 is 0. The number of carbonyl (C=O) groups excluding carboxylic acids is 1. The van der Waals surface area contributed by atoms with E-state index in [1.165, 1.54) is 5.56 Å². The Morgan fingerprint density at radius 2 is 2.13 bits per heavy atom. The smallest absolute Gasteiger partial charge is 0.234 e. The fourth-order valence-electron chi connectivity index (χ4n) is 3.13. The number of aryl methyl sites for hydroxylation is 1. The summed E-state index contributed by atoms with van der Waals surface area (Å²) in [5, 5.41) is 7.15. The molecule has 1 fully saturated rings. The van der Waals surface area contributed by atoms with Crippen LogP contribution in [0.3, 0.4) is 0 Å². The van der Waals surface area contributed by atoms with Crippen molar-refractivity contribution in [3.05, 3.63) is 54.4 Å². The fraction of sp³-hybridized carbons (Fsp3) is 0.444. The van der Waals surface area contributed by atoms with E-state index in [0.717, 1.165) is 32.5 Å². The van der Waals surface area contributed by atoms with Crippen LogP contribution in [0, 0.1) is 0 Å². The Morgan fingerprint density at radius 3 is 2.91 bits per heavy atom. The fourth-order valence-corrected chi connectivity index (χ4v) is 3.13. The number of benzene rings is 1.